The predicted molar refractivity (Wildman–Crippen MR) is 106 cm³/mol. The Hall–Kier alpha value is -2.09. The monoisotopic (exact) mass is 392 g/mol. The summed E-state index contributed by atoms with van der Waals surface area (Å²) >= 11 is 1.46. The summed E-state index contributed by atoms with van der Waals surface area (Å²) in [5.41, 5.74) is 0.440. The lowest BCUT2D eigenvalue weighted by Gasteiger charge is -2.34. The number of aryl methyl sites for hydroxylation is 2. The number of hydrogen-bond acceptors (Lipinski definition) is 5. The maximum absolute atomic E-state index is 12.5. The molecule has 1 aliphatic heterocycles. The van der Waals surface area contributed by atoms with E-state index in [4.69, 9.17) is 4.74 Å². The van der Waals surface area contributed by atoms with Gasteiger partial charge in [-0.15, -0.1) is 11.3 Å². The molecule has 0 bridgehead atoms. The number of likely N-dealkylation sites (tertiary alicyclic amines) is 1. The number of ether oxygens (including phenoxy) is 1. The van der Waals surface area contributed by atoms with Crippen LogP contribution in [0.4, 0.5) is 4.79 Å². The maximum Gasteiger partial charge on any atom is 0.410 e. The molecule has 148 valence electrons. The minimum absolute atomic E-state index is 0.0648. The van der Waals surface area contributed by atoms with Crippen molar-refractivity contribution in [1.29, 1.82) is 0 Å². The van der Waals surface area contributed by atoms with Gasteiger partial charge in [0.15, 0.2) is 0 Å². The molecule has 7 nitrogen and oxygen atoms in total. The van der Waals surface area contributed by atoms with Crippen molar-refractivity contribution < 1.29 is 14.3 Å². The fraction of sp³-hybridized carbons (Fsp3) is 0.632. The van der Waals surface area contributed by atoms with Gasteiger partial charge in [-0.05, 0) is 52.5 Å². The van der Waals surface area contributed by atoms with Crippen LogP contribution in [0.1, 0.15) is 49.0 Å². The highest BCUT2D eigenvalue weighted by Gasteiger charge is 2.28. The van der Waals surface area contributed by atoms with Crippen molar-refractivity contribution in [2.45, 2.75) is 46.1 Å². The number of thiophene rings is 1. The highest BCUT2D eigenvalue weighted by Crippen LogP contribution is 2.27. The Balaban J connectivity index is 1.56. The lowest BCUT2D eigenvalue weighted by atomic mass is 9.98. The molecule has 8 heteroatoms. The summed E-state index contributed by atoms with van der Waals surface area (Å²) in [5.74, 6) is 0.179. The zero-order valence-electron chi connectivity index (χ0n) is 16.7. The van der Waals surface area contributed by atoms with Gasteiger partial charge < -0.3 is 15.0 Å². The first-order chi connectivity index (χ1) is 12.6. The molecule has 2 aromatic rings. The molecular weight excluding hydrogens is 364 g/mol. The summed E-state index contributed by atoms with van der Waals surface area (Å²) in [6, 6.07) is 1.91. The summed E-state index contributed by atoms with van der Waals surface area (Å²) in [7, 11) is 1.89. The van der Waals surface area contributed by atoms with Gasteiger partial charge in [-0.3, -0.25) is 9.48 Å². The van der Waals surface area contributed by atoms with Crippen LogP contribution in [0.3, 0.4) is 0 Å². The van der Waals surface area contributed by atoms with E-state index in [1.165, 1.54) is 11.3 Å². The number of nitrogens with one attached hydrogen (secondary N) is 1. The third-order valence-corrected chi connectivity index (χ3v) is 5.84. The van der Waals surface area contributed by atoms with Gasteiger partial charge in [-0.25, -0.2) is 4.79 Å². The SMILES string of the molecule is Cc1nn(C)c2sc(C(=O)NCC3CCCN(C(=O)OC(C)(C)C)C3)cc12. The van der Waals surface area contributed by atoms with Gasteiger partial charge in [0, 0.05) is 32.1 Å². The summed E-state index contributed by atoms with van der Waals surface area (Å²) in [6.45, 7) is 9.44. The number of aromatic nitrogens is 2. The number of amides is 2. The van der Waals surface area contributed by atoms with Crippen LogP contribution in [0, 0.1) is 12.8 Å². The van der Waals surface area contributed by atoms with Crippen LogP contribution in [0.2, 0.25) is 0 Å². The molecular formula is C19H28N4O3S. The predicted octanol–water partition coefficient (Wildman–Crippen LogP) is 3.32. The molecule has 0 spiro atoms. The lowest BCUT2D eigenvalue weighted by Crippen LogP contribution is -2.45. The van der Waals surface area contributed by atoms with Crippen molar-refractivity contribution in [3.05, 3.63) is 16.6 Å². The number of hydrogen-bond donors (Lipinski definition) is 1. The molecule has 0 aliphatic carbocycles. The fourth-order valence-corrected chi connectivity index (χ4v) is 4.40. The van der Waals surface area contributed by atoms with Crippen molar-refractivity contribution in [1.82, 2.24) is 20.0 Å². The molecule has 2 amide bonds. The van der Waals surface area contributed by atoms with E-state index in [1.807, 2.05) is 45.5 Å². The Morgan fingerprint density at radius 2 is 2.15 bits per heavy atom. The van der Waals surface area contributed by atoms with Crippen molar-refractivity contribution in [3.8, 4) is 0 Å². The maximum atomic E-state index is 12.5. The first kappa shape index (κ1) is 19.7. The molecule has 3 rings (SSSR count). The van der Waals surface area contributed by atoms with Gasteiger partial charge in [0.2, 0.25) is 0 Å². The van der Waals surface area contributed by atoms with Crippen LogP contribution < -0.4 is 5.32 Å². The van der Waals surface area contributed by atoms with Gasteiger partial charge >= 0.3 is 6.09 Å². The number of fused-ring (bicyclic) bond motifs is 1. The van der Waals surface area contributed by atoms with Crippen molar-refractivity contribution in [3.63, 3.8) is 0 Å². The summed E-state index contributed by atoms with van der Waals surface area (Å²) in [4.78, 5) is 28.3. The van der Waals surface area contributed by atoms with E-state index < -0.39 is 5.60 Å². The van der Waals surface area contributed by atoms with E-state index >= 15 is 0 Å². The van der Waals surface area contributed by atoms with Gasteiger partial charge in [-0.2, -0.15) is 5.10 Å². The Labute approximate surface area is 163 Å². The number of nitrogens with zero attached hydrogens (tertiary/aromatic N) is 3. The minimum atomic E-state index is -0.494. The van der Waals surface area contributed by atoms with Gasteiger partial charge in [0.25, 0.3) is 5.91 Å². The zero-order valence-corrected chi connectivity index (χ0v) is 17.5. The molecule has 1 atom stereocenters. The second kappa shape index (κ2) is 7.50. The second-order valence-electron chi connectivity index (χ2n) is 8.18. The van der Waals surface area contributed by atoms with Crippen LogP contribution in [0.15, 0.2) is 6.07 Å². The van der Waals surface area contributed by atoms with E-state index in [0.29, 0.717) is 24.5 Å². The fourth-order valence-electron chi connectivity index (χ4n) is 3.37. The third kappa shape index (κ3) is 4.61. The molecule has 0 radical (unpaired) electrons. The van der Waals surface area contributed by atoms with Crippen LogP contribution in [0.25, 0.3) is 10.2 Å². The van der Waals surface area contributed by atoms with Gasteiger partial charge in [-0.1, -0.05) is 0 Å². The Morgan fingerprint density at radius 1 is 1.41 bits per heavy atom. The summed E-state index contributed by atoms with van der Waals surface area (Å²) in [6.07, 6.45) is 1.65. The average molecular weight is 393 g/mol. The molecule has 1 aliphatic rings. The van der Waals surface area contributed by atoms with Crippen molar-refractivity contribution >= 4 is 33.6 Å². The smallest absolute Gasteiger partial charge is 0.410 e. The minimum Gasteiger partial charge on any atom is -0.444 e. The highest BCUT2D eigenvalue weighted by atomic mass is 32.1. The molecule has 1 saturated heterocycles. The Morgan fingerprint density at radius 3 is 2.81 bits per heavy atom. The molecule has 0 aromatic carbocycles. The van der Waals surface area contributed by atoms with E-state index in [-0.39, 0.29) is 17.9 Å². The van der Waals surface area contributed by atoms with Crippen LogP contribution in [-0.2, 0) is 11.8 Å². The van der Waals surface area contributed by atoms with E-state index in [9.17, 15) is 9.59 Å². The Bertz CT molecular complexity index is 815. The Kier molecular flexibility index (Phi) is 5.46. The first-order valence-electron chi connectivity index (χ1n) is 9.33. The number of carbonyl (C=O) groups excluding carboxylic acids is 2. The van der Waals surface area contributed by atoms with Crippen LogP contribution >= 0.6 is 11.3 Å². The average Bonchev–Trinajstić information content (AvgIpc) is 3.13. The normalized spacial score (nSPS) is 18.0. The standard InChI is InChI=1S/C19H28N4O3S/c1-12-14-9-15(27-17(14)22(5)21-12)16(24)20-10-13-7-6-8-23(11-13)18(25)26-19(2,3)4/h9,13H,6-8,10-11H2,1-5H3,(H,20,24). The molecule has 0 saturated carbocycles. The van der Waals surface area contributed by atoms with E-state index in [0.717, 1.165) is 28.8 Å². The van der Waals surface area contributed by atoms with Crippen LogP contribution in [-0.4, -0.2) is 51.9 Å². The van der Waals surface area contributed by atoms with E-state index in [1.54, 1.807) is 4.90 Å². The summed E-state index contributed by atoms with van der Waals surface area (Å²) in [5, 5.41) is 8.42. The zero-order chi connectivity index (χ0) is 19.8. The number of carbonyl (C=O) groups is 2. The van der Waals surface area contributed by atoms with Gasteiger partial charge in [0.05, 0.1) is 10.6 Å². The molecule has 1 unspecified atom stereocenters. The van der Waals surface area contributed by atoms with Crippen molar-refractivity contribution in [2.24, 2.45) is 13.0 Å². The number of rotatable bonds is 3. The van der Waals surface area contributed by atoms with Gasteiger partial charge in [0.1, 0.15) is 10.4 Å². The topological polar surface area (TPSA) is 76.5 Å². The van der Waals surface area contributed by atoms with Crippen LogP contribution in [0.5, 0.6) is 0 Å². The molecule has 2 aromatic heterocycles. The molecule has 1 fully saturated rings. The lowest BCUT2D eigenvalue weighted by molar-refractivity contribution is 0.0167. The second-order valence-corrected chi connectivity index (χ2v) is 9.21. The molecule has 1 N–H and O–H groups in total. The first-order valence-corrected chi connectivity index (χ1v) is 10.1. The number of piperidine rings is 1. The van der Waals surface area contributed by atoms with E-state index in [2.05, 4.69) is 10.4 Å². The largest absolute Gasteiger partial charge is 0.444 e. The highest BCUT2D eigenvalue weighted by molar-refractivity contribution is 7.20. The quantitative estimate of drug-likeness (QED) is 0.869. The molecule has 27 heavy (non-hydrogen) atoms. The summed E-state index contributed by atoms with van der Waals surface area (Å²) < 4.78 is 7.27. The van der Waals surface area contributed by atoms with Crippen molar-refractivity contribution in [2.75, 3.05) is 19.6 Å². The molecule has 3 heterocycles. The third-order valence-electron chi connectivity index (χ3n) is 4.64.